The Hall–Kier alpha value is -1.65. The molecule has 1 unspecified atom stereocenters. The van der Waals surface area contributed by atoms with Crippen molar-refractivity contribution < 1.29 is 14.7 Å². The van der Waals surface area contributed by atoms with Crippen LogP contribution in [0.25, 0.3) is 0 Å². The maximum Gasteiger partial charge on any atom is 0.330 e. The molecule has 5 nitrogen and oxygen atoms in total. The van der Waals surface area contributed by atoms with Crippen molar-refractivity contribution in [3.05, 3.63) is 12.2 Å². The Bertz CT molecular complexity index is 223. The van der Waals surface area contributed by atoms with Gasteiger partial charge in [-0.3, -0.25) is 4.79 Å². The molecule has 0 aromatic heterocycles. The second-order valence-electron chi connectivity index (χ2n) is 2.07. The van der Waals surface area contributed by atoms with Crippen molar-refractivity contribution in [2.75, 3.05) is 0 Å². The average Bonchev–Trinajstić information content (AvgIpc) is 1.96. The summed E-state index contributed by atoms with van der Waals surface area (Å²) in [5.74, 6) is -1.57. The van der Waals surface area contributed by atoms with E-state index in [0.717, 1.165) is 6.21 Å². The fourth-order valence-corrected chi connectivity index (χ4v) is 0.578. The maximum atomic E-state index is 10.5. The Morgan fingerprint density at radius 2 is 2.17 bits per heavy atom. The van der Waals surface area contributed by atoms with Gasteiger partial charge in [-0.05, 0) is 12.2 Å². The Morgan fingerprint density at radius 3 is 2.50 bits per heavy atom. The summed E-state index contributed by atoms with van der Waals surface area (Å²) in [6, 6.07) is -1.05. The second-order valence-corrected chi connectivity index (χ2v) is 2.07. The van der Waals surface area contributed by atoms with Gasteiger partial charge in [-0.25, -0.2) is 4.79 Å². The van der Waals surface area contributed by atoms with Gasteiger partial charge in [0.25, 0.3) is 0 Å². The molecule has 0 aromatic carbocycles. The predicted molar refractivity (Wildman–Crippen MR) is 43.2 cm³/mol. The highest BCUT2D eigenvalue weighted by atomic mass is 16.4. The monoisotopic (exact) mass is 170 g/mol. The first kappa shape index (κ1) is 10.3. The molecule has 0 radical (unpaired) electrons. The average molecular weight is 170 g/mol. The van der Waals surface area contributed by atoms with Crippen LogP contribution in [0.5, 0.6) is 0 Å². The van der Waals surface area contributed by atoms with E-state index in [4.69, 9.17) is 10.5 Å². The molecule has 0 heterocycles. The fourth-order valence-electron chi connectivity index (χ4n) is 0.578. The molecule has 0 bridgehead atoms. The molecule has 1 atom stereocenters. The lowest BCUT2D eigenvalue weighted by atomic mass is 10.2. The number of carbonyl (C=O) groups is 2. The van der Waals surface area contributed by atoms with Gasteiger partial charge in [0.15, 0.2) is 0 Å². The van der Waals surface area contributed by atoms with E-state index in [2.05, 4.69) is 5.32 Å². The molecule has 1 amide bonds. The molecular weight excluding hydrogens is 160 g/mol. The van der Waals surface area contributed by atoms with E-state index in [1.807, 2.05) is 0 Å². The van der Waals surface area contributed by atoms with Crippen molar-refractivity contribution in [1.29, 1.82) is 5.41 Å². The van der Waals surface area contributed by atoms with E-state index in [0.29, 0.717) is 0 Å². The van der Waals surface area contributed by atoms with Gasteiger partial charge in [-0.2, -0.15) is 0 Å². The lowest BCUT2D eigenvalue weighted by Gasteiger charge is -2.06. The summed E-state index contributed by atoms with van der Waals surface area (Å²) in [7, 11) is 0. The highest BCUT2D eigenvalue weighted by molar-refractivity contribution is 5.84. The van der Waals surface area contributed by atoms with Gasteiger partial charge in [0.1, 0.15) is 6.04 Å². The predicted octanol–water partition coefficient (Wildman–Crippen LogP) is -0.219. The van der Waals surface area contributed by atoms with E-state index in [-0.39, 0.29) is 0 Å². The molecule has 5 heteroatoms. The van der Waals surface area contributed by atoms with Crippen molar-refractivity contribution >= 4 is 18.1 Å². The number of hydrogen-bond acceptors (Lipinski definition) is 3. The highest BCUT2D eigenvalue weighted by Crippen LogP contribution is 1.86. The van der Waals surface area contributed by atoms with Gasteiger partial charge in [0, 0.05) is 13.1 Å². The van der Waals surface area contributed by atoms with Crippen molar-refractivity contribution in [1.82, 2.24) is 5.32 Å². The highest BCUT2D eigenvalue weighted by Gasteiger charge is 2.13. The Balaban J connectivity index is 4.23. The third-order valence-corrected chi connectivity index (χ3v) is 1.02. The number of allylic oxidation sites excluding steroid dienone is 1. The molecule has 0 aliphatic rings. The smallest absolute Gasteiger partial charge is 0.330 e. The Kier molecular flexibility index (Phi) is 4.36. The number of aliphatic carboxylic acids is 1. The second kappa shape index (κ2) is 5.06. The van der Waals surface area contributed by atoms with E-state index < -0.39 is 17.9 Å². The SMILES string of the molecule is CC(=O)NC(C=CC=N)C(=O)O. The summed E-state index contributed by atoms with van der Waals surface area (Å²) >= 11 is 0. The number of amides is 1. The van der Waals surface area contributed by atoms with Crippen LogP contribution in [0, 0.1) is 5.41 Å². The molecule has 0 aliphatic heterocycles. The Labute approximate surface area is 69.6 Å². The van der Waals surface area contributed by atoms with Crippen molar-refractivity contribution in [3.63, 3.8) is 0 Å². The van der Waals surface area contributed by atoms with Crippen LogP contribution in [-0.2, 0) is 9.59 Å². The summed E-state index contributed by atoms with van der Waals surface area (Å²) < 4.78 is 0. The molecule has 12 heavy (non-hydrogen) atoms. The fraction of sp³-hybridized carbons (Fsp3) is 0.286. The molecule has 0 aliphatic carbocycles. The van der Waals surface area contributed by atoms with Crippen molar-refractivity contribution in [3.8, 4) is 0 Å². The topological polar surface area (TPSA) is 90.3 Å². The van der Waals surface area contributed by atoms with Gasteiger partial charge in [0.2, 0.25) is 5.91 Å². The third kappa shape index (κ3) is 4.21. The first-order valence-corrected chi connectivity index (χ1v) is 3.25. The van der Waals surface area contributed by atoms with Crippen LogP contribution in [0.3, 0.4) is 0 Å². The minimum Gasteiger partial charge on any atom is -0.479 e. The summed E-state index contributed by atoms with van der Waals surface area (Å²) in [5.41, 5.74) is 0. The van der Waals surface area contributed by atoms with E-state index in [9.17, 15) is 9.59 Å². The molecular formula is C7H10N2O3. The quantitative estimate of drug-likeness (QED) is 0.509. The zero-order valence-electron chi connectivity index (χ0n) is 6.57. The van der Waals surface area contributed by atoms with Crippen molar-refractivity contribution in [2.45, 2.75) is 13.0 Å². The van der Waals surface area contributed by atoms with Crippen LogP contribution in [0.2, 0.25) is 0 Å². The maximum absolute atomic E-state index is 10.5. The minimum absolute atomic E-state index is 0.419. The minimum atomic E-state index is -1.15. The lowest BCUT2D eigenvalue weighted by molar-refractivity contribution is -0.140. The standard InChI is InChI=1S/C7H10N2O3/c1-5(10)9-6(7(11)12)3-2-4-8/h2-4,6,8H,1H3,(H,9,10)(H,11,12). The molecule has 0 spiro atoms. The molecule has 3 N–H and O–H groups in total. The number of nitrogens with one attached hydrogen (secondary N) is 2. The van der Waals surface area contributed by atoms with E-state index in [1.54, 1.807) is 0 Å². The summed E-state index contributed by atoms with van der Waals surface area (Å²) in [5, 5.41) is 17.3. The summed E-state index contributed by atoms with van der Waals surface area (Å²) in [6.07, 6.45) is 3.41. The van der Waals surface area contributed by atoms with Gasteiger partial charge < -0.3 is 15.8 Å². The van der Waals surface area contributed by atoms with Crippen LogP contribution >= 0.6 is 0 Å². The zero-order valence-corrected chi connectivity index (χ0v) is 6.57. The molecule has 0 aromatic rings. The third-order valence-electron chi connectivity index (χ3n) is 1.02. The first-order valence-electron chi connectivity index (χ1n) is 3.25. The summed E-state index contributed by atoms with van der Waals surface area (Å²) in [6.45, 7) is 1.23. The number of carboxylic acid groups (broad SMARTS) is 1. The zero-order chi connectivity index (χ0) is 9.56. The van der Waals surface area contributed by atoms with Gasteiger partial charge in [0.05, 0.1) is 0 Å². The lowest BCUT2D eigenvalue weighted by Crippen LogP contribution is -2.37. The van der Waals surface area contributed by atoms with Crippen LogP contribution < -0.4 is 5.32 Å². The van der Waals surface area contributed by atoms with Crippen LogP contribution in [0.1, 0.15) is 6.92 Å². The molecule has 66 valence electrons. The van der Waals surface area contributed by atoms with E-state index in [1.165, 1.54) is 19.1 Å². The molecule has 0 rings (SSSR count). The number of carbonyl (C=O) groups excluding carboxylic acids is 1. The number of rotatable bonds is 4. The van der Waals surface area contributed by atoms with Gasteiger partial charge in [-0.1, -0.05) is 0 Å². The Morgan fingerprint density at radius 1 is 1.58 bits per heavy atom. The van der Waals surface area contributed by atoms with Crippen LogP contribution in [-0.4, -0.2) is 29.2 Å². The van der Waals surface area contributed by atoms with Gasteiger partial charge >= 0.3 is 5.97 Å². The van der Waals surface area contributed by atoms with Crippen molar-refractivity contribution in [2.24, 2.45) is 0 Å². The van der Waals surface area contributed by atoms with Crippen LogP contribution in [0.4, 0.5) is 0 Å². The van der Waals surface area contributed by atoms with E-state index >= 15 is 0 Å². The molecule has 0 saturated heterocycles. The first-order chi connectivity index (χ1) is 5.57. The van der Waals surface area contributed by atoms with Crippen LogP contribution in [0.15, 0.2) is 12.2 Å². The summed E-state index contributed by atoms with van der Waals surface area (Å²) in [4.78, 5) is 20.9. The van der Waals surface area contributed by atoms with Gasteiger partial charge in [-0.15, -0.1) is 0 Å². The normalized spacial score (nSPS) is 12.4. The molecule has 0 fully saturated rings. The largest absolute Gasteiger partial charge is 0.479 e. The number of hydrogen-bond donors (Lipinski definition) is 3. The molecule has 0 saturated carbocycles. The number of carboxylic acids is 1.